The maximum Gasteiger partial charge on any atom is 0.211 e. The number of fused-ring (bicyclic) bond motifs is 1. The Labute approximate surface area is 174 Å². The largest absolute Gasteiger partial charge is 0.342 e. The van der Waals surface area contributed by atoms with E-state index in [0.717, 1.165) is 40.2 Å². The van der Waals surface area contributed by atoms with Crippen molar-refractivity contribution in [3.63, 3.8) is 0 Å². The summed E-state index contributed by atoms with van der Waals surface area (Å²) in [5.74, 6) is 1.00. The zero-order chi connectivity index (χ0) is 19.1. The van der Waals surface area contributed by atoms with Gasteiger partial charge >= 0.3 is 0 Å². The van der Waals surface area contributed by atoms with E-state index in [2.05, 4.69) is 19.3 Å². The minimum Gasteiger partial charge on any atom is -0.342 e. The van der Waals surface area contributed by atoms with Gasteiger partial charge in [-0.15, -0.1) is 0 Å². The number of aromatic nitrogens is 4. The summed E-state index contributed by atoms with van der Waals surface area (Å²) in [6.07, 6.45) is 15.8. The lowest BCUT2D eigenvalue weighted by Gasteiger charge is -2.39. The molecule has 1 spiro atoms. The van der Waals surface area contributed by atoms with Crippen LogP contribution >= 0.6 is 23.4 Å². The Kier molecular flexibility index (Phi) is 4.71. The van der Waals surface area contributed by atoms with Gasteiger partial charge in [-0.3, -0.25) is 9.38 Å². The lowest BCUT2D eigenvalue weighted by Crippen LogP contribution is -2.40. The molecule has 146 valence electrons. The van der Waals surface area contributed by atoms with E-state index in [9.17, 15) is 0 Å². The molecule has 0 radical (unpaired) electrons. The van der Waals surface area contributed by atoms with E-state index in [1.54, 1.807) is 18.0 Å². The van der Waals surface area contributed by atoms with Crippen LogP contribution in [0.2, 0.25) is 5.02 Å². The Balaban J connectivity index is 1.43. The van der Waals surface area contributed by atoms with E-state index in [0.29, 0.717) is 10.4 Å². The smallest absolute Gasteiger partial charge is 0.211 e. The Morgan fingerprint density at radius 1 is 1.00 bits per heavy atom. The summed E-state index contributed by atoms with van der Waals surface area (Å²) in [4.78, 5) is 18.1. The Bertz CT molecular complexity index is 1000. The second-order valence-electron chi connectivity index (χ2n) is 8.05. The summed E-state index contributed by atoms with van der Waals surface area (Å²) in [5, 5.41) is 0.694. The summed E-state index contributed by atoms with van der Waals surface area (Å²) < 4.78 is 2.12. The first-order valence-electron chi connectivity index (χ1n) is 10.0. The quantitative estimate of drug-likeness (QED) is 0.575. The zero-order valence-electron chi connectivity index (χ0n) is 16.1. The molecule has 3 aromatic rings. The second-order valence-corrected chi connectivity index (χ2v) is 9.51. The molecule has 5 nitrogen and oxygen atoms in total. The Hall–Kier alpha value is -1.79. The molecule has 0 amide bonds. The SMILES string of the molecule is Cc1nccc(Sc2cnc(N3CCC4(CCCC4)CC3)n3ccnc23)c1Cl. The highest BCUT2D eigenvalue weighted by Crippen LogP contribution is 2.46. The second kappa shape index (κ2) is 7.23. The van der Waals surface area contributed by atoms with Gasteiger partial charge in [0, 0.05) is 42.8 Å². The molecule has 1 saturated heterocycles. The molecule has 0 bridgehead atoms. The molecule has 0 atom stereocenters. The van der Waals surface area contributed by atoms with Crippen molar-refractivity contribution in [2.75, 3.05) is 18.0 Å². The zero-order valence-corrected chi connectivity index (χ0v) is 17.6. The van der Waals surface area contributed by atoms with Crippen molar-refractivity contribution in [3.8, 4) is 0 Å². The highest BCUT2D eigenvalue weighted by molar-refractivity contribution is 7.99. The van der Waals surface area contributed by atoms with Crippen molar-refractivity contribution in [1.29, 1.82) is 0 Å². The van der Waals surface area contributed by atoms with E-state index in [4.69, 9.17) is 16.6 Å². The van der Waals surface area contributed by atoms with Crippen LogP contribution in [0.1, 0.15) is 44.2 Å². The van der Waals surface area contributed by atoms with Gasteiger partial charge in [-0.1, -0.05) is 36.2 Å². The molecule has 0 unspecified atom stereocenters. The van der Waals surface area contributed by atoms with Gasteiger partial charge in [-0.05, 0) is 44.1 Å². The van der Waals surface area contributed by atoms with Gasteiger partial charge in [0.25, 0.3) is 0 Å². The standard InChI is InChI=1S/C21H24ClN5S/c1-15-18(22)16(4-9-23-15)28-17-14-25-20(27-13-10-24-19(17)27)26-11-7-21(8-12-26)5-2-3-6-21/h4,9-10,13-14H,2-3,5-8,11-12H2,1H3. The van der Waals surface area contributed by atoms with E-state index in [-0.39, 0.29) is 0 Å². The van der Waals surface area contributed by atoms with Crippen LogP contribution in [0, 0.1) is 12.3 Å². The van der Waals surface area contributed by atoms with E-state index in [1.807, 2.05) is 31.6 Å². The van der Waals surface area contributed by atoms with Gasteiger partial charge in [0.15, 0.2) is 5.65 Å². The van der Waals surface area contributed by atoms with Gasteiger partial charge < -0.3 is 4.90 Å². The maximum absolute atomic E-state index is 6.44. The average molecular weight is 414 g/mol. The molecular formula is C21H24ClN5S. The number of nitrogens with zero attached hydrogens (tertiary/aromatic N) is 5. The predicted molar refractivity (Wildman–Crippen MR) is 113 cm³/mol. The molecule has 2 aliphatic rings. The molecule has 5 rings (SSSR count). The molecule has 0 N–H and O–H groups in total. The van der Waals surface area contributed by atoms with E-state index in [1.165, 1.54) is 38.5 Å². The number of rotatable bonds is 3. The van der Waals surface area contributed by atoms with Crippen LogP contribution in [0.15, 0.2) is 40.6 Å². The molecular weight excluding hydrogens is 390 g/mol. The molecule has 2 fully saturated rings. The third kappa shape index (κ3) is 3.16. The number of anilines is 1. The highest BCUT2D eigenvalue weighted by Gasteiger charge is 2.37. The Morgan fingerprint density at radius 3 is 2.57 bits per heavy atom. The van der Waals surface area contributed by atoms with Gasteiger partial charge in [-0.25, -0.2) is 9.97 Å². The molecule has 7 heteroatoms. The van der Waals surface area contributed by atoms with Crippen molar-refractivity contribution in [2.45, 2.75) is 55.2 Å². The van der Waals surface area contributed by atoms with Crippen molar-refractivity contribution in [3.05, 3.63) is 41.6 Å². The molecule has 28 heavy (non-hydrogen) atoms. The lowest BCUT2D eigenvalue weighted by molar-refractivity contribution is 0.225. The van der Waals surface area contributed by atoms with Gasteiger partial charge in [0.2, 0.25) is 5.95 Å². The van der Waals surface area contributed by atoms with Crippen LogP contribution in [0.3, 0.4) is 0 Å². The fourth-order valence-electron chi connectivity index (χ4n) is 4.72. The average Bonchev–Trinajstić information content (AvgIpc) is 3.37. The van der Waals surface area contributed by atoms with Crippen LogP contribution in [-0.2, 0) is 0 Å². The van der Waals surface area contributed by atoms with Crippen molar-refractivity contribution in [2.24, 2.45) is 5.41 Å². The van der Waals surface area contributed by atoms with Gasteiger partial charge in [0.1, 0.15) is 0 Å². The van der Waals surface area contributed by atoms with Gasteiger partial charge in [0.05, 0.1) is 15.6 Å². The van der Waals surface area contributed by atoms with Crippen molar-refractivity contribution >= 4 is 35.0 Å². The first kappa shape index (κ1) is 18.3. The lowest BCUT2D eigenvalue weighted by atomic mass is 9.77. The fraction of sp³-hybridized carbons (Fsp3) is 0.476. The van der Waals surface area contributed by atoms with Crippen LogP contribution in [-0.4, -0.2) is 32.4 Å². The summed E-state index contributed by atoms with van der Waals surface area (Å²) in [6, 6.07) is 1.94. The molecule has 4 heterocycles. The van der Waals surface area contributed by atoms with Crippen LogP contribution in [0.25, 0.3) is 5.65 Å². The molecule has 0 aromatic carbocycles. The first-order chi connectivity index (χ1) is 13.7. The third-order valence-corrected chi connectivity index (χ3v) is 8.05. The number of aryl methyl sites for hydroxylation is 1. The molecule has 1 saturated carbocycles. The monoisotopic (exact) mass is 413 g/mol. The third-order valence-electron chi connectivity index (χ3n) is 6.39. The molecule has 3 aromatic heterocycles. The van der Waals surface area contributed by atoms with E-state index < -0.39 is 0 Å². The topological polar surface area (TPSA) is 46.3 Å². The summed E-state index contributed by atoms with van der Waals surface area (Å²) in [5.41, 5.74) is 2.38. The number of hydrogen-bond acceptors (Lipinski definition) is 5. The van der Waals surface area contributed by atoms with Crippen LogP contribution in [0.4, 0.5) is 5.95 Å². The summed E-state index contributed by atoms with van der Waals surface area (Å²) in [6.45, 7) is 4.09. The van der Waals surface area contributed by atoms with Crippen LogP contribution < -0.4 is 4.90 Å². The minimum absolute atomic E-state index is 0.607. The Morgan fingerprint density at radius 2 is 1.79 bits per heavy atom. The maximum atomic E-state index is 6.44. The first-order valence-corrected chi connectivity index (χ1v) is 11.2. The van der Waals surface area contributed by atoms with E-state index >= 15 is 0 Å². The van der Waals surface area contributed by atoms with Crippen LogP contribution in [0.5, 0.6) is 0 Å². The number of hydrogen-bond donors (Lipinski definition) is 0. The molecule has 1 aliphatic carbocycles. The number of piperidine rings is 1. The fourth-order valence-corrected chi connectivity index (χ4v) is 5.90. The number of halogens is 1. The highest BCUT2D eigenvalue weighted by atomic mass is 35.5. The predicted octanol–water partition coefficient (Wildman–Crippen LogP) is 5.40. The van der Waals surface area contributed by atoms with Crippen molar-refractivity contribution in [1.82, 2.24) is 19.4 Å². The number of pyridine rings is 1. The minimum atomic E-state index is 0.607. The number of imidazole rings is 1. The van der Waals surface area contributed by atoms with Gasteiger partial charge in [-0.2, -0.15) is 0 Å². The molecule has 1 aliphatic heterocycles. The normalized spacial score (nSPS) is 19.0. The summed E-state index contributed by atoms with van der Waals surface area (Å²) >= 11 is 8.04. The summed E-state index contributed by atoms with van der Waals surface area (Å²) in [7, 11) is 0. The van der Waals surface area contributed by atoms with Crippen molar-refractivity contribution < 1.29 is 0 Å².